The van der Waals surface area contributed by atoms with Gasteiger partial charge in [-0.25, -0.2) is 13.8 Å². The van der Waals surface area contributed by atoms with Crippen molar-refractivity contribution in [3.63, 3.8) is 0 Å². The van der Waals surface area contributed by atoms with Gasteiger partial charge in [-0.1, -0.05) is 24.3 Å². The first-order chi connectivity index (χ1) is 15.0. The normalized spacial score (nSPS) is 12.1. The van der Waals surface area contributed by atoms with Crippen LogP contribution in [0.5, 0.6) is 0 Å². The van der Waals surface area contributed by atoms with Gasteiger partial charge >= 0.3 is 0 Å². The molecule has 4 nitrogen and oxygen atoms in total. The second-order valence-electron chi connectivity index (χ2n) is 7.61. The zero-order chi connectivity index (χ0) is 21.8. The predicted octanol–water partition coefficient (Wildman–Crippen LogP) is 5.17. The molecule has 0 spiro atoms. The molecule has 31 heavy (non-hydrogen) atoms. The van der Waals surface area contributed by atoms with Gasteiger partial charge in [0.1, 0.15) is 17.3 Å². The number of rotatable bonds is 7. The predicted molar refractivity (Wildman–Crippen MR) is 117 cm³/mol. The van der Waals surface area contributed by atoms with E-state index in [4.69, 9.17) is 0 Å². The molecule has 6 heteroatoms. The lowest BCUT2D eigenvalue weighted by atomic mass is 10.1. The van der Waals surface area contributed by atoms with Crippen LogP contribution < -0.4 is 5.32 Å². The summed E-state index contributed by atoms with van der Waals surface area (Å²) >= 11 is 0. The van der Waals surface area contributed by atoms with Crippen LogP contribution in [0.25, 0.3) is 11.0 Å². The number of halogens is 2. The van der Waals surface area contributed by atoms with Crippen molar-refractivity contribution in [2.45, 2.75) is 32.4 Å². The van der Waals surface area contributed by atoms with Crippen molar-refractivity contribution in [3.8, 4) is 0 Å². The van der Waals surface area contributed by atoms with Crippen LogP contribution in [0.3, 0.4) is 0 Å². The van der Waals surface area contributed by atoms with E-state index in [1.807, 2.05) is 25.1 Å². The van der Waals surface area contributed by atoms with Crippen LogP contribution in [0, 0.1) is 11.6 Å². The molecule has 1 atom stereocenters. The molecular weight excluding hydrogens is 396 g/mol. The first-order valence-corrected chi connectivity index (χ1v) is 10.2. The number of fused-ring (bicyclic) bond motifs is 1. The maximum absolute atomic E-state index is 13.3. The van der Waals surface area contributed by atoms with E-state index in [-0.39, 0.29) is 23.6 Å². The highest BCUT2D eigenvalue weighted by atomic mass is 19.1. The highest BCUT2D eigenvalue weighted by Gasteiger charge is 2.14. The summed E-state index contributed by atoms with van der Waals surface area (Å²) < 4.78 is 28.4. The molecule has 1 N–H and O–H groups in total. The third kappa shape index (κ3) is 4.97. The van der Waals surface area contributed by atoms with E-state index >= 15 is 0 Å². The van der Waals surface area contributed by atoms with E-state index in [9.17, 15) is 13.6 Å². The Labute approximate surface area is 179 Å². The Kier molecular flexibility index (Phi) is 6.07. The molecule has 2 aromatic carbocycles. The van der Waals surface area contributed by atoms with Crippen LogP contribution in [0.15, 0.2) is 72.9 Å². The summed E-state index contributed by atoms with van der Waals surface area (Å²) in [4.78, 5) is 17.0. The first-order valence-electron chi connectivity index (χ1n) is 10.2. The van der Waals surface area contributed by atoms with Gasteiger partial charge < -0.3 is 9.88 Å². The van der Waals surface area contributed by atoms with E-state index < -0.39 is 0 Å². The molecule has 0 fully saturated rings. The van der Waals surface area contributed by atoms with Crippen molar-refractivity contribution >= 4 is 16.9 Å². The molecule has 1 amide bonds. The minimum atomic E-state index is -0.301. The van der Waals surface area contributed by atoms with E-state index in [2.05, 4.69) is 14.9 Å². The molecule has 0 saturated carbocycles. The monoisotopic (exact) mass is 419 g/mol. The maximum Gasteiger partial charge on any atom is 0.220 e. The summed E-state index contributed by atoms with van der Waals surface area (Å²) in [5, 5.41) is 3.97. The number of hydrogen-bond donors (Lipinski definition) is 1. The second kappa shape index (κ2) is 9.08. The number of benzene rings is 2. The number of pyridine rings is 1. The Hall–Kier alpha value is -3.54. The molecule has 0 bridgehead atoms. The van der Waals surface area contributed by atoms with Gasteiger partial charge in [0.15, 0.2) is 0 Å². The summed E-state index contributed by atoms with van der Waals surface area (Å²) in [5.74, 6) is -0.653. The average Bonchev–Trinajstić information content (AvgIpc) is 3.11. The summed E-state index contributed by atoms with van der Waals surface area (Å²) in [7, 11) is 0. The molecule has 158 valence electrons. The fourth-order valence-corrected chi connectivity index (χ4v) is 3.69. The van der Waals surface area contributed by atoms with Crippen LogP contribution in [0.2, 0.25) is 0 Å². The number of hydrogen-bond acceptors (Lipinski definition) is 2. The number of amides is 1. The molecule has 4 aromatic rings. The second-order valence-corrected chi connectivity index (χ2v) is 7.61. The van der Waals surface area contributed by atoms with Gasteiger partial charge in [0.25, 0.3) is 0 Å². The van der Waals surface area contributed by atoms with Crippen LogP contribution in [-0.4, -0.2) is 15.5 Å². The Morgan fingerprint density at radius 3 is 2.42 bits per heavy atom. The highest BCUT2D eigenvalue weighted by Crippen LogP contribution is 2.21. The molecule has 0 aliphatic rings. The van der Waals surface area contributed by atoms with Gasteiger partial charge in [0.05, 0.1) is 6.04 Å². The molecule has 2 heterocycles. The first kappa shape index (κ1) is 20.7. The largest absolute Gasteiger partial charge is 0.350 e. The van der Waals surface area contributed by atoms with Crippen molar-refractivity contribution in [2.75, 3.05) is 0 Å². The van der Waals surface area contributed by atoms with E-state index in [0.29, 0.717) is 19.4 Å². The summed E-state index contributed by atoms with van der Waals surface area (Å²) in [6.45, 7) is 2.42. The Bertz CT molecular complexity index is 1180. The van der Waals surface area contributed by atoms with Crippen molar-refractivity contribution < 1.29 is 13.6 Å². The molecule has 4 rings (SSSR count). The summed E-state index contributed by atoms with van der Waals surface area (Å²) in [6, 6.07) is 18.2. The van der Waals surface area contributed by atoms with Crippen LogP contribution >= 0.6 is 0 Å². The average molecular weight is 419 g/mol. The fourth-order valence-electron chi connectivity index (χ4n) is 3.69. The third-order valence-corrected chi connectivity index (χ3v) is 5.35. The SMILES string of the molecule is CC(NC(=O)CCc1cc2cccnc2n1Cc1ccc(F)cc1)c1ccc(F)cc1. The van der Waals surface area contributed by atoms with Crippen LogP contribution in [0.1, 0.15) is 36.2 Å². The summed E-state index contributed by atoms with van der Waals surface area (Å²) in [5.41, 5.74) is 3.63. The number of carbonyl (C=O) groups excluding carboxylic acids is 1. The lowest BCUT2D eigenvalue weighted by Crippen LogP contribution is -2.27. The van der Waals surface area contributed by atoms with Gasteiger partial charge in [0, 0.05) is 30.2 Å². The summed E-state index contributed by atoms with van der Waals surface area (Å²) in [6.07, 6.45) is 2.59. The molecule has 0 saturated heterocycles. The van der Waals surface area contributed by atoms with Crippen molar-refractivity contribution in [3.05, 3.63) is 101 Å². The number of nitrogens with one attached hydrogen (secondary N) is 1. The standard InChI is InChI=1S/C25H23F2N3O/c1-17(19-6-10-22(27)11-7-19)29-24(31)13-12-23-15-20-3-2-14-28-25(20)30(23)16-18-4-8-21(26)9-5-18/h2-11,14-15,17H,12-13,16H2,1H3,(H,29,31). The molecule has 0 radical (unpaired) electrons. The molecule has 2 aromatic heterocycles. The maximum atomic E-state index is 13.3. The van der Waals surface area contributed by atoms with E-state index in [1.165, 1.54) is 24.3 Å². The van der Waals surface area contributed by atoms with Crippen molar-refractivity contribution in [1.82, 2.24) is 14.9 Å². The zero-order valence-corrected chi connectivity index (χ0v) is 17.2. The Morgan fingerprint density at radius 2 is 1.71 bits per heavy atom. The van der Waals surface area contributed by atoms with Gasteiger partial charge in [-0.05, 0) is 66.9 Å². The van der Waals surface area contributed by atoms with Gasteiger partial charge in [-0.3, -0.25) is 4.79 Å². The quantitative estimate of drug-likeness (QED) is 0.449. The number of nitrogens with zero attached hydrogens (tertiary/aromatic N) is 2. The van der Waals surface area contributed by atoms with Crippen molar-refractivity contribution in [2.24, 2.45) is 0 Å². The van der Waals surface area contributed by atoms with Crippen molar-refractivity contribution in [1.29, 1.82) is 0 Å². The van der Waals surface area contributed by atoms with Crippen LogP contribution in [0.4, 0.5) is 8.78 Å². The van der Waals surface area contributed by atoms with Crippen LogP contribution in [-0.2, 0) is 17.8 Å². The molecule has 1 unspecified atom stereocenters. The number of aryl methyl sites for hydroxylation is 1. The zero-order valence-electron chi connectivity index (χ0n) is 17.2. The van der Waals surface area contributed by atoms with Gasteiger partial charge in [-0.15, -0.1) is 0 Å². The fraction of sp³-hybridized carbons (Fsp3) is 0.200. The van der Waals surface area contributed by atoms with E-state index in [0.717, 1.165) is 27.9 Å². The molecular formula is C25H23F2N3O. The highest BCUT2D eigenvalue weighted by molar-refractivity contribution is 5.79. The third-order valence-electron chi connectivity index (χ3n) is 5.35. The topological polar surface area (TPSA) is 46.9 Å². The minimum absolute atomic E-state index is 0.0802. The molecule has 0 aliphatic carbocycles. The smallest absolute Gasteiger partial charge is 0.220 e. The number of aromatic nitrogens is 2. The van der Waals surface area contributed by atoms with E-state index in [1.54, 1.807) is 30.5 Å². The minimum Gasteiger partial charge on any atom is -0.350 e. The van der Waals surface area contributed by atoms with Gasteiger partial charge in [0.2, 0.25) is 5.91 Å². The Morgan fingerprint density at radius 1 is 1.03 bits per heavy atom. The molecule has 0 aliphatic heterocycles. The number of carbonyl (C=O) groups is 1. The lowest BCUT2D eigenvalue weighted by molar-refractivity contribution is -0.121. The van der Waals surface area contributed by atoms with Gasteiger partial charge in [-0.2, -0.15) is 0 Å². The Balaban J connectivity index is 1.48. The lowest BCUT2D eigenvalue weighted by Gasteiger charge is -2.15.